The van der Waals surface area contributed by atoms with E-state index in [0.717, 1.165) is 37.4 Å². The van der Waals surface area contributed by atoms with Crippen LogP contribution in [0.5, 0.6) is 0 Å². The summed E-state index contributed by atoms with van der Waals surface area (Å²) in [5.41, 5.74) is 1.21. The number of hydrogen-bond acceptors (Lipinski definition) is 6. The average molecular weight is 385 g/mol. The number of nitrogens with one attached hydrogen (secondary N) is 1. The zero-order valence-electron chi connectivity index (χ0n) is 15.1. The van der Waals surface area contributed by atoms with Crippen LogP contribution < -0.4 is 15.1 Å². The molecule has 1 unspecified atom stereocenters. The summed E-state index contributed by atoms with van der Waals surface area (Å²) in [5.74, 6) is 0.145. The Morgan fingerprint density at radius 1 is 1.15 bits per heavy atom. The Morgan fingerprint density at radius 3 is 2.74 bits per heavy atom. The number of carbonyl (C=O) groups is 2. The molecule has 0 radical (unpaired) electrons. The van der Waals surface area contributed by atoms with Crippen LogP contribution in [0.2, 0.25) is 0 Å². The zero-order valence-corrected chi connectivity index (χ0v) is 16.0. The Labute approximate surface area is 162 Å². The van der Waals surface area contributed by atoms with Crippen LogP contribution >= 0.6 is 11.3 Å². The second-order valence-electron chi connectivity index (χ2n) is 6.89. The van der Waals surface area contributed by atoms with Gasteiger partial charge in [-0.25, -0.2) is 0 Å². The Kier molecular flexibility index (Phi) is 5.33. The zero-order chi connectivity index (χ0) is 18.6. The molecule has 2 aliphatic heterocycles. The quantitative estimate of drug-likeness (QED) is 0.823. The van der Waals surface area contributed by atoms with Gasteiger partial charge in [-0.05, 0) is 31.2 Å². The smallest absolute Gasteiger partial charge is 0.242 e. The molecule has 7 nitrogen and oxygen atoms in total. The summed E-state index contributed by atoms with van der Waals surface area (Å²) in [6.07, 6.45) is 4.03. The van der Waals surface area contributed by atoms with Crippen molar-refractivity contribution in [2.45, 2.75) is 38.1 Å². The van der Waals surface area contributed by atoms with E-state index in [4.69, 9.17) is 0 Å². The van der Waals surface area contributed by atoms with Gasteiger partial charge in [-0.2, -0.15) is 0 Å². The Hall–Kier alpha value is -2.48. The molecule has 0 spiro atoms. The molecule has 2 saturated heterocycles. The minimum Gasteiger partial charge on any atom is -0.354 e. The second-order valence-corrected chi connectivity index (χ2v) is 7.83. The molecule has 2 aliphatic rings. The van der Waals surface area contributed by atoms with E-state index in [0.29, 0.717) is 24.6 Å². The topological polar surface area (TPSA) is 78.4 Å². The Balaban J connectivity index is 1.36. The molecule has 2 amide bonds. The number of benzene rings is 1. The van der Waals surface area contributed by atoms with Crippen LogP contribution in [0.15, 0.2) is 30.3 Å². The van der Waals surface area contributed by atoms with Crippen molar-refractivity contribution in [2.24, 2.45) is 0 Å². The van der Waals surface area contributed by atoms with Gasteiger partial charge in [0.05, 0.1) is 0 Å². The average Bonchev–Trinajstić information content (AvgIpc) is 3.42. The van der Waals surface area contributed by atoms with Crippen molar-refractivity contribution in [1.82, 2.24) is 15.5 Å². The first-order valence-electron chi connectivity index (χ1n) is 9.44. The molecular formula is C19H23N5O2S. The molecule has 3 heterocycles. The highest BCUT2D eigenvalue weighted by Gasteiger charge is 2.34. The van der Waals surface area contributed by atoms with Gasteiger partial charge in [-0.3, -0.25) is 14.5 Å². The maximum atomic E-state index is 12.7. The van der Waals surface area contributed by atoms with Gasteiger partial charge in [-0.1, -0.05) is 41.7 Å². The summed E-state index contributed by atoms with van der Waals surface area (Å²) < 4.78 is 0. The van der Waals surface area contributed by atoms with Crippen LogP contribution in [-0.2, 0) is 16.0 Å². The van der Waals surface area contributed by atoms with Crippen molar-refractivity contribution in [2.75, 3.05) is 29.4 Å². The van der Waals surface area contributed by atoms with Gasteiger partial charge in [0.2, 0.25) is 22.1 Å². The normalized spacial score (nSPS) is 19.7. The van der Waals surface area contributed by atoms with Gasteiger partial charge in [0, 0.05) is 26.1 Å². The highest BCUT2D eigenvalue weighted by molar-refractivity contribution is 7.19. The van der Waals surface area contributed by atoms with Crippen LogP contribution in [-0.4, -0.2) is 47.7 Å². The molecule has 4 rings (SSSR count). The SMILES string of the molecule is O=C(NCCc1ccccc1)C1CCCN1c1nnc(N2CCCC2=O)s1. The molecule has 27 heavy (non-hydrogen) atoms. The lowest BCUT2D eigenvalue weighted by Crippen LogP contribution is -2.44. The third-order valence-electron chi connectivity index (χ3n) is 5.06. The highest BCUT2D eigenvalue weighted by Crippen LogP contribution is 2.33. The lowest BCUT2D eigenvalue weighted by molar-refractivity contribution is -0.122. The fourth-order valence-electron chi connectivity index (χ4n) is 3.64. The molecule has 0 aliphatic carbocycles. The predicted molar refractivity (Wildman–Crippen MR) is 105 cm³/mol. The van der Waals surface area contributed by atoms with Gasteiger partial charge in [0.15, 0.2) is 0 Å². The van der Waals surface area contributed by atoms with Crippen LogP contribution in [0, 0.1) is 0 Å². The predicted octanol–water partition coefficient (Wildman–Crippen LogP) is 1.99. The van der Waals surface area contributed by atoms with Gasteiger partial charge in [0.25, 0.3) is 0 Å². The summed E-state index contributed by atoms with van der Waals surface area (Å²) in [4.78, 5) is 28.3. The van der Waals surface area contributed by atoms with Gasteiger partial charge >= 0.3 is 0 Å². The van der Waals surface area contributed by atoms with E-state index < -0.39 is 0 Å². The molecule has 0 bridgehead atoms. The molecule has 142 valence electrons. The molecule has 1 aromatic heterocycles. The monoisotopic (exact) mass is 385 g/mol. The van der Waals surface area contributed by atoms with Crippen molar-refractivity contribution in [3.63, 3.8) is 0 Å². The number of rotatable bonds is 6. The maximum Gasteiger partial charge on any atom is 0.242 e. The van der Waals surface area contributed by atoms with E-state index in [9.17, 15) is 9.59 Å². The summed E-state index contributed by atoms with van der Waals surface area (Å²) in [7, 11) is 0. The van der Waals surface area contributed by atoms with Crippen molar-refractivity contribution >= 4 is 33.4 Å². The summed E-state index contributed by atoms with van der Waals surface area (Å²) >= 11 is 1.40. The van der Waals surface area contributed by atoms with Crippen molar-refractivity contribution < 1.29 is 9.59 Å². The molecule has 1 atom stereocenters. The minimum absolute atomic E-state index is 0.0393. The highest BCUT2D eigenvalue weighted by atomic mass is 32.1. The maximum absolute atomic E-state index is 12.7. The second kappa shape index (κ2) is 8.04. The molecule has 1 N–H and O–H groups in total. The molecule has 1 aromatic carbocycles. The molecular weight excluding hydrogens is 362 g/mol. The van der Waals surface area contributed by atoms with Gasteiger partial charge < -0.3 is 10.2 Å². The fourth-order valence-corrected chi connectivity index (χ4v) is 4.61. The molecule has 2 fully saturated rings. The number of nitrogens with zero attached hydrogens (tertiary/aromatic N) is 4. The molecule has 0 saturated carbocycles. The number of aromatic nitrogens is 2. The largest absolute Gasteiger partial charge is 0.354 e. The lowest BCUT2D eigenvalue weighted by atomic mass is 10.1. The fraction of sp³-hybridized carbons (Fsp3) is 0.474. The summed E-state index contributed by atoms with van der Waals surface area (Å²) in [6.45, 7) is 2.12. The minimum atomic E-state index is -0.212. The van der Waals surface area contributed by atoms with E-state index in [1.54, 1.807) is 4.90 Å². The Bertz CT molecular complexity index is 809. The van der Waals surface area contributed by atoms with Crippen molar-refractivity contribution in [3.05, 3.63) is 35.9 Å². The van der Waals surface area contributed by atoms with Crippen LogP contribution in [0.4, 0.5) is 10.3 Å². The van der Waals surface area contributed by atoms with E-state index in [1.165, 1.54) is 16.9 Å². The summed E-state index contributed by atoms with van der Waals surface area (Å²) in [5, 5.41) is 12.9. The van der Waals surface area contributed by atoms with Crippen molar-refractivity contribution in [3.8, 4) is 0 Å². The molecule has 8 heteroatoms. The number of hydrogen-bond donors (Lipinski definition) is 1. The van der Waals surface area contributed by atoms with E-state index in [2.05, 4.69) is 27.6 Å². The lowest BCUT2D eigenvalue weighted by Gasteiger charge is -2.22. The first-order valence-corrected chi connectivity index (χ1v) is 10.3. The van der Waals surface area contributed by atoms with Crippen LogP contribution in [0.25, 0.3) is 0 Å². The summed E-state index contributed by atoms with van der Waals surface area (Å²) in [6, 6.07) is 9.93. The van der Waals surface area contributed by atoms with E-state index >= 15 is 0 Å². The Morgan fingerprint density at radius 2 is 1.96 bits per heavy atom. The standard InChI is InChI=1S/C19H23N5O2S/c25-16-9-5-13-24(16)19-22-21-18(27-19)23-12-4-8-15(23)17(26)20-11-10-14-6-2-1-3-7-14/h1-3,6-7,15H,4-5,8-13H2,(H,20,26). The first kappa shape index (κ1) is 17.9. The van der Waals surface area contributed by atoms with Gasteiger partial charge in [0.1, 0.15) is 6.04 Å². The number of amides is 2. The van der Waals surface area contributed by atoms with Crippen molar-refractivity contribution in [1.29, 1.82) is 0 Å². The van der Waals surface area contributed by atoms with Gasteiger partial charge in [-0.15, -0.1) is 10.2 Å². The third-order valence-corrected chi connectivity index (χ3v) is 6.05. The first-order chi connectivity index (χ1) is 13.2. The third kappa shape index (κ3) is 3.95. The van der Waals surface area contributed by atoms with Crippen LogP contribution in [0.3, 0.4) is 0 Å². The molecule has 2 aromatic rings. The number of carbonyl (C=O) groups excluding carboxylic acids is 2. The van der Waals surface area contributed by atoms with E-state index in [-0.39, 0.29) is 17.9 Å². The van der Waals surface area contributed by atoms with Crippen LogP contribution in [0.1, 0.15) is 31.2 Å². The number of anilines is 2. The van der Waals surface area contributed by atoms with E-state index in [1.807, 2.05) is 23.1 Å².